The second-order valence-corrected chi connectivity index (χ2v) is 6.26. The van der Waals surface area contributed by atoms with Crippen molar-refractivity contribution < 1.29 is 9.53 Å². The number of anilines is 1. The van der Waals surface area contributed by atoms with Crippen LogP contribution in [0, 0.1) is 6.92 Å². The van der Waals surface area contributed by atoms with Crippen LogP contribution in [0.4, 0.5) is 5.82 Å². The van der Waals surface area contributed by atoms with Crippen LogP contribution in [0.3, 0.4) is 0 Å². The Labute approximate surface area is 146 Å². The zero-order chi connectivity index (χ0) is 17.2. The normalized spacial score (nSPS) is 16.2. The number of carbonyl (C=O) groups excluding carboxylic acids is 1. The van der Waals surface area contributed by atoms with Crippen molar-refractivity contribution in [2.45, 2.75) is 25.9 Å². The number of benzene rings is 2. The number of H-pyrrole nitrogens is 1. The molecule has 0 saturated carbocycles. The van der Waals surface area contributed by atoms with Crippen LogP contribution in [0.15, 0.2) is 54.6 Å². The van der Waals surface area contributed by atoms with Gasteiger partial charge in [0.25, 0.3) is 0 Å². The highest BCUT2D eigenvalue weighted by Gasteiger charge is 2.30. The second kappa shape index (κ2) is 6.43. The van der Waals surface area contributed by atoms with Gasteiger partial charge in [0.05, 0.1) is 0 Å². The van der Waals surface area contributed by atoms with Crippen LogP contribution < -0.4 is 10.1 Å². The first-order valence-corrected chi connectivity index (χ1v) is 8.32. The van der Waals surface area contributed by atoms with Gasteiger partial charge < -0.3 is 10.1 Å². The molecule has 25 heavy (non-hydrogen) atoms. The number of aromatic amines is 1. The molecule has 0 bridgehead atoms. The Bertz CT molecular complexity index is 885. The lowest BCUT2D eigenvalue weighted by atomic mass is 9.86. The maximum atomic E-state index is 12.0. The Balaban J connectivity index is 1.52. The van der Waals surface area contributed by atoms with Crippen LogP contribution in [0.5, 0.6) is 5.75 Å². The molecule has 2 heterocycles. The lowest BCUT2D eigenvalue weighted by Gasteiger charge is -2.23. The molecule has 3 aromatic rings. The number of hydrogen-bond donors (Lipinski definition) is 2. The van der Waals surface area contributed by atoms with Gasteiger partial charge in [-0.25, -0.2) is 0 Å². The van der Waals surface area contributed by atoms with Crippen LogP contribution in [0.2, 0.25) is 0 Å². The van der Waals surface area contributed by atoms with Crippen LogP contribution in [0.1, 0.15) is 34.7 Å². The molecule has 1 amide bonds. The Morgan fingerprint density at radius 3 is 2.64 bits per heavy atom. The topological polar surface area (TPSA) is 67.0 Å². The predicted octanol–water partition coefficient (Wildman–Crippen LogP) is 3.77. The SMILES string of the molecule is Cc1[nH]nc2c1[C@H](c1ccc(OCc3ccccc3)cc1)CC(=O)N2. The van der Waals surface area contributed by atoms with Gasteiger partial charge in [-0.05, 0) is 30.2 Å². The van der Waals surface area contributed by atoms with Crippen molar-refractivity contribution in [3.8, 4) is 5.75 Å². The third-order valence-electron chi connectivity index (χ3n) is 4.52. The smallest absolute Gasteiger partial charge is 0.226 e. The summed E-state index contributed by atoms with van der Waals surface area (Å²) in [5, 5.41) is 9.97. The minimum atomic E-state index is -0.00611. The fraction of sp³-hybridized carbons (Fsp3) is 0.200. The summed E-state index contributed by atoms with van der Waals surface area (Å²) in [6.07, 6.45) is 0.428. The monoisotopic (exact) mass is 333 g/mol. The van der Waals surface area contributed by atoms with Gasteiger partial charge in [0.15, 0.2) is 5.82 Å². The number of nitrogens with one attached hydrogen (secondary N) is 2. The molecule has 5 nitrogen and oxygen atoms in total. The van der Waals surface area contributed by atoms with E-state index in [9.17, 15) is 4.79 Å². The van der Waals surface area contributed by atoms with E-state index >= 15 is 0 Å². The minimum Gasteiger partial charge on any atom is -0.489 e. The van der Waals surface area contributed by atoms with Gasteiger partial charge in [-0.3, -0.25) is 9.89 Å². The number of fused-ring (bicyclic) bond motifs is 1. The summed E-state index contributed by atoms with van der Waals surface area (Å²) in [7, 11) is 0. The molecule has 1 atom stereocenters. The van der Waals surface area contributed by atoms with Crippen molar-refractivity contribution >= 4 is 11.7 Å². The zero-order valence-corrected chi connectivity index (χ0v) is 14.0. The van der Waals surface area contributed by atoms with Gasteiger partial charge in [-0.15, -0.1) is 0 Å². The highest BCUT2D eigenvalue weighted by molar-refractivity contribution is 5.94. The van der Waals surface area contributed by atoms with Crippen molar-refractivity contribution in [2.24, 2.45) is 0 Å². The van der Waals surface area contributed by atoms with E-state index in [4.69, 9.17) is 4.74 Å². The summed E-state index contributed by atoms with van der Waals surface area (Å²) in [6, 6.07) is 18.0. The quantitative estimate of drug-likeness (QED) is 0.764. The van der Waals surface area contributed by atoms with Crippen molar-refractivity contribution in [1.29, 1.82) is 0 Å². The largest absolute Gasteiger partial charge is 0.489 e. The maximum Gasteiger partial charge on any atom is 0.226 e. The number of carbonyl (C=O) groups is 1. The summed E-state index contributed by atoms with van der Waals surface area (Å²) < 4.78 is 5.84. The van der Waals surface area contributed by atoms with Crippen LogP contribution in [-0.4, -0.2) is 16.1 Å². The Morgan fingerprint density at radius 1 is 1.12 bits per heavy atom. The van der Waals surface area contributed by atoms with E-state index in [1.165, 1.54) is 0 Å². The molecule has 1 aromatic heterocycles. The van der Waals surface area contributed by atoms with Crippen molar-refractivity contribution in [3.63, 3.8) is 0 Å². The number of ether oxygens (including phenoxy) is 1. The maximum absolute atomic E-state index is 12.0. The number of rotatable bonds is 4. The molecule has 0 aliphatic carbocycles. The first-order chi connectivity index (χ1) is 12.2. The van der Waals surface area contributed by atoms with Crippen molar-refractivity contribution in [1.82, 2.24) is 10.2 Å². The lowest BCUT2D eigenvalue weighted by Crippen LogP contribution is -2.23. The van der Waals surface area contributed by atoms with Crippen LogP contribution in [-0.2, 0) is 11.4 Å². The van der Waals surface area contributed by atoms with Gasteiger partial charge >= 0.3 is 0 Å². The summed E-state index contributed by atoms with van der Waals surface area (Å²) in [5.41, 5.74) is 4.28. The highest BCUT2D eigenvalue weighted by atomic mass is 16.5. The molecule has 2 aromatic carbocycles. The Morgan fingerprint density at radius 2 is 1.88 bits per heavy atom. The van der Waals surface area contributed by atoms with E-state index in [1.54, 1.807) is 0 Å². The van der Waals surface area contributed by atoms with Gasteiger partial charge in [0.2, 0.25) is 5.91 Å². The number of hydrogen-bond acceptors (Lipinski definition) is 3. The van der Waals surface area contributed by atoms with Gasteiger partial charge in [-0.1, -0.05) is 42.5 Å². The van der Waals surface area contributed by atoms with E-state index in [0.717, 1.165) is 28.1 Å². The average molecular weight is 333 g/mol. The van der Waals surface area contributed by atoms with E-state index in [0.29, 0.717) is 18.8 Å². The molecule has 0 saturated heterocycles. The van der Waals surface area contributed by atoms with E-state index in [2.05, 4.69) is 15.5 Å². The fourth-order valence-electron chi connectivity index (χ4n) is 3.25. The molecule has 1 aliphatic heterocycles. The number of aryl methyl sites for hydroxylation is 1. The van der Waals surface area contributed by atoms with Gasteiger partial charge in [0, 0.05) is 23.6 Å². The molecule has 1 aliphatic rings. The minimum absolute atomic E-state index is 0.00611. The lowest BCUT2D eigenvalue weighted by molar-refractivity contribution is -0.116. The van der Waals surface area contributed by atoms with Crippen molar-refractivity contribution in [2.75, 3.05) is 5.32 Å². The molecule has 0 radical (unpaired) electrons. The van der Waals surface area contributed by atoms with E-state index < -0.39 is 0 Å². The third kappa shape index (κ3) is 3.13. The fourth-order valence-corrected chi connectivity index (χ4v) is 3.25. The molecule has 2 N–H and O–H groups in total. The van der Waals surface area contributed by atoms with Gasteiger partial charge in [-0.2, -0.15) is 5.10 Å². The van der Waals surface area contributed by atoms with E-state index in [1.807, 2.05) is 61.5 Å². The summed E-state index contributed by atoms with van der Waals surface area (Å²) >= 11 is 0. The third-order valence-corrected chi connectivity index (χ3v) is 4.52. The number of aromatic nitrogens is 2. The molecule has 5 heteroatoms. The summed E-state index contributed by atoms with van der Waals surface area (Å²) in [5.74, 6) is 1.47. The first kappa shape index (κ1) is 15.4. The standard InChI is InChI=1S/C20H19N3O2/c1-13-19-17(11-18(24)21-20(19)23-22-13)15-7-9-16(10-8-15)25-12-14-5-3-2-4-6-14/h2-10,17H,11-12H2,1H3,(H2,21,22,23,24)/t17-/m0/s1. The molecule has 4 rings (SSSR count). The van der Waals surface area contributed by atoms with Crippen LogP contribution in [0.25, 0.3) is 0 Å². The molecular weight excluding hydrogens is 314 g/mol. The Hall–Kier alpha value is -3.08. The molecule has 126 valence electrons. The Kier molecular flexibility index (Phi) is 3.98. The molecular formula is C20H19N3O2. The molecule has 0 spiro atoms. The van der Waals surface area contributed by atoms with Crippen molar-refractivity contribution in [3.05, 3.63) is 77.0 Å². The highest BCUT2D eigenvalue weighted by Crippen LogP contribution is 2.38. The van der Waals surface area contributed by atoms with Gasteiger partial charge in [0.1, 0.15) is 12.4 Å². The average Bonchev–Trinajstić information content (AvgIpc) is 3.01. The summed E-state index contributed by atoms with van der Waals surface area (Å²) in [4.78, 5) is 12.0. The first-order valence-electron chi connectivity index (χ1n) is 8.32. The number of amides is 1. The zero-order valence-electron chi connectivity index (χ0n) is 14.0. The summed E-state index contributed by atoms with van der Waals surface area (Å²) in [6.45, 7) is 2.52. The molecule has 0 fully saturated rings. The predicted molar refractivity (Wildman–Crippen MR) is 95.6 cm³/mol. The van der Waals surface area contributed by atoms with Crippen LogP contribution >= 0.6 is 0 Å². The molecule has 0 unspecified atom stereocenters. The number of nitrogens with zero attached hydrogens (tertiary/aromatic N) is 1. The van der Waals surface area contributed by atoms with E-state index in [-0.39, 0.29) is 11.8 Å². The second-order valence-electron chi connectivity index (χ2n) is 6.26.